The van der Waals surface area contributed by atoms with Crippen LogP contribution >= 0.6 is 35.0 Å². The molecule has 0 spiro atoms. The van der Waals surface area contributed by atoms with Gasteiger partial charge in [-0.2, -0.15) is 0 Å². The zero-order chi connectivity index (χ0) is 33.3. The lowest BCUT2D eigenvalue weighted by molar-refractivity contribution is -0.140. The second-order valence-electron chi connectivity index (χ2n) is 10.8. The number of aryl methyl sites for hydroxylation is 1. The lowest BCUT2D eigenvalue weighted by Gasteiger charge is -2.34. The van der Waals surface area contributed by atoms with Crippen LogP contribution in [-0.4, -0.2) is 50.5 Å². The maximum atomic E-state index is 14.5. The van der Waals surface area contributed by atoms with E-state index in [1.165, 1.54) is 28.8 Å². The molecule has 242 valence electrons. The smallest absolute Gasteiger partial charge is 0.264 e. The molecule has 0 aromatic heterocycles. The molecule has 46 heavy (non-hydrogen) atoms. The van der Waals surface area contributed by atoms with Gasteiger partial charge in [-0.3, -0.25) is 13.9 Å². The number of carbonyl (C=O) groups excluding carboxylic acids is 2. The van der Waals surface area contributed by atoms with Gasteiger partial charge in [-0.05, 0) is 79.3 Å². The molecule has 0 saturated carbocycles. The number of carbonyl (C=O) groups is 2. The van der Waals surface area contributed by atoms with Crippen LogP contribution in [0.2, 0.25) is 10.0 Å². The Bertz CT molecular complexity index is 1740. The molecule has 0 bridgehead atoms. The van der Waals surface area contributed by atoms with Gasteiger partial charge in [0.2, 0.25) is 11.8 Å². The molecule has 7 nitrogen and oxygen atoms in total. The number of hydrogen-bond donors (Lipinski definition) is 1. The second-order valence-corrected chi connectivity index (χ2v) is 14.3. The highest BCUT2D eigenvalue weighted by molar-refractivity contribution is 7.98. The lowest BCUT2D eigenvalue weighted by atomic mass is 10.0. The average Bonchev–Trinajstić information content (AvgIpc) is 3.06. The van der Waals surface area contributed by atoms with Gasteiger partial charge in [0.25, 0.3) is 10.0 Å². The van der Waals surface area contributed by atoms with Crippen LogP contribution in [0.5, 0.6) is 0 Å². The number of sulfonamides is 1. The zero-order valence-corrected chi connectivity index (χ0v) is 29.1. The minimum atomic E-state index is -4.19. The highest BCUT2D eigenvalue weighted by Crippen LogP contribution is 2.28. The van der Waals surface area contributed by atoms with Crippen LogP contribution in [0.25, 0.3) is 0 Å². The van der Waals surface area contributed by atoms with Crippen molar-refractivity contribution in [3.05, 3.63) is 124 Å². The van der Waals surface area contributed by atoms with Gasteiger partial charge in [0.1, 0.15) is 12.6 Å². The van der Waals surface area contributed by atoms with Gasteiger partial charge >= 0.3 is 0 Å². The van der Waals surface area contributed by atoms with Crippen molar-refractivity contribution in [1.82, 2.24) is 10.2 Å². The Labute approximate surface area is 286 Å². The Morgan fingerprint density at radius 2 is 1.54 bits per heavy atom. The van der Waals surface area contributed by atoms with Crippen molar-refractivity contribution < 1.29 is 18.0 Å². The average molecular weight is 699 g/mol. The molecule has 0 fully saturated rings. The van der Waals surface area contributed by atoms with E-state index in [0.717, 1.165) is 20.3 Å². The number of nitrogens with zero attached hydrogens (tertiary/aromatic N) is 2. The minimum absolute atomic E-state index is 0.00300. The summed E-state index contributed by atoms with van der Waals surface area (Å²) in [6.07, 6.45) is 2.84. The number of halogens is 2. The second kappa shape index (κ2) is 16.4. The van der Waals surface area contributed by atoms with Crippen LogP contribution in [0.4, 0.5) is 5.69 Å². The van der Waals surface area contributed by atoms with Crippen molar-refractivity contribution in [2.75, 3.05) is 23.7 Å². The van der Waals surface area contributed by atoms with Crippen molar-refractivity contribution in [3.8, 4) is 0 Å². The summed E-state index contributed by atoms with van der Waals surface area (Å²) < 4.78 is 29.5. The number of thioether (sulfide) groups is 1. The third kappa shape index (κ3) is 9.06. The summed E-state index contributed by atoms with van der Waals surface area (Å²) in [6.45, 7) is 3.73. The molecule has 1 unspecified atom stereocenters. The van der Waals surface area contributed by atoms with Gasteiger partial charge < -0.3 is 10.2 Å². The van der Waals surface area contributed by atoms with Crippen LogP contribution in [0.1, 0.15) is 30.0 Å². The maximum Gasteiger partial charge on any atom is 0.264 e. The predicted octanol–water partition coefficient (Wildman–Crippen LogP) is 7.39. The molecule has 1 N–H and O–H groups in total. The summed E-state index contributed by atoms with van der Waals surface area (Å²) in [6, 6.07) is 27.0. The normalized spacial score (nSPS) is 11.9. The van der Waals surface area contributed by atoms with Crippen LogP contribution in [0.15, 0.2) is 107 Å². The first-order valence-corrected chi connectivity index (χ1v) is 18.2. The van der Waals surface area contributed by atoms with Crippen LogP contribution in [0, 0.1) is 6.92 Å². The zero-order valence-electron chi connectivity index (χ0n) is 26.0. The van der Waals surface area contributed by atoms with Crippen molar-refractivity contribution in [2.24, 2.45) is 0 Å². The summed E-state index contributed by atoms with van der Waals surface area (Å²) in [4.78, 5) is 30.7. The number of amides is 2. The molecule has 2 amide bonds. The van der Waals surface area contributed by atoms with Crippen LogP contribution in [0.3, 0.4) is 0 Å². The number of nitrogens with one attached hydrogen (secondary N) is 1. The SMILES string of the molecule is CCCNC(=O)C(Cc1ccccc1)N(Cc1ccc(Cl)c(Cl)c1)C(=O)CN(c1ccc(C)cc1)S(=O)(=O)c1ccc(SC)cc1. The third-order valence-electron chi connectivity index (χ3n) is 7.41. The molecule has 0 aliphatic rings. The van der Waals surface area contributed by atoms with E-state index in [-0.39, 0.29) is 23.8 Å². The molecule has 4 aromatic rings. The molecule has 0 radical (unpaired) electrons. The largest absolute Gasteiger partial charge is 0.354 e. The van der Waals surface area contributed by atoms with Gasteiger partial charge in [0.05, 0.1) is 20.6 Å². The Balaban J connectivity index is 1.80. The summed E-state index contributed by atoms with van der Waals surface area (Å²) >= 11 is 14.0. The number of hydrogen-bond acceptors (Lipinski definition) is 5. The highest BCUT2D eigenvalue weighted by Gasteiger charge is 2.34. The maximum absolute atomic E-state index is 14.5. The minimum Gasteiger partial charge on any atom is -0.354 e. The lowest BCUT2D eigenvalue weighted by Crippen LogP contribution is -2.53. The summed E-state index contributed by atoms with van der Waals surface area (Å²) in [5.74, 6) is -0.889. The Kier molecular flexibility index (Phi) is 12.6. The van der Waals surface area contributed by atoms with Crippen molar-refractivity contribution >= 4 is 62.5 Å². The molecule has 4 aromatic carbocycles. The summed E-state index contributed by atoms with van der Waals surface area (Å²) in [7, 11) is -4.19. The molecule has 0 aliphatic heterocycles. The van der Waals surface area contributed by atoms with E-state index in [2.05, 4.69) is 5.32 Å². The van der Waals surface area contributed by atoms with Crippen LogP contribution < -0.4 is 9.62 Å². The first-order valence-electron chi connectivity index (χ1n) is 14.8. The van der Waals surface area contributed by atoms with Gasteiger partial charge in [-0.15, -0.1) is 11.8 Å². The molecule has 1 atom stereocenters. The topological polar surface area (TPSA) is 86.8 Å². The van der Waals surface area contributed by atoms with E-state index in [1.54, 1.807) is 54.6 Å². The van der Waals surface area contributed by atoms with Gasteiger partial charge in [-0.25, -0.2) is 8.42 Å². The monoisotopic (exact) mass is 697 g/mol. The van der Waals surface area contributed by atoms with Crippen molar-refractivity contribution in [2.45, 2.75) is 49.1 Å². The Hall–Kier alpha value is -3.50. The van der Waals surface area contributed by atoms with E-state index < -0.39 is 28.5 Å². The van der Waals surface area contributed by atoms with Crippen molar-refractivity contribution in [1.29, 1.82) is 0 Å². The first-order chi connectivity index (χ1) is 22.0. The summed E-state index contributed by atoms with van der Waals surface area (Å²) in [5, 5.41) is 3.60. The molecule has 4 rings (SSSR count). The molecule has 0 aliphatic carbocycles. The highest BCUT2D eigenvalue weighted by atomic mass is 35.5. The fourth-order valence-electron chi connectivity index (χ4n) is 4.87. The number of benzene rings is 4. The summed E-state index contributed by atoms with van der Waals surface area (Å²) in [5.41, 5.74) is 2.76. The van der Waals surface area contributed by atoms with E-state index in [9.17, 15) is 18.0 Å². The molecule has 11 heteroatoms. The molecular weight excluding hydrogens is 661 g/mol. The Morgan fingerprint density at radius 3 is 2.15 bits per heavy atom. The molecule has 0 saturated heterocycles. The number of anilines is 1. The Morgan fingerprint density at radius 1 is 0.870 bits per heavy atom. The fourth-order valence-corrected chi connectivity index (χ4v) is 7.01. The fraction of sp³-hybridized carbons (Fsp3) is 0.257. The molecular formula is C35H37Cl2N3O4S2. The quantitative estimate of drug-likeness (QED) is 0.139. The van der Waals surface area contributed by atoms with E-state index in [4.69, 9.17) is 23.2 Å². The van der Waals surface area contributed by atoms with Crippen LogP contribution in [-0.2, 0) is 32.6 Å². The van der Waals surface area contributed by atoms with Gasteiger partial charge in [0.15, 0.2) is 0 Å². The predicted molar refractivity (Wildman–Crippen MR) is 188 cm³/mol. The van der Waals surface area contributed by atoms with E-state index >= 15 is 0 Å². The molecule has 0 heterocycles. The number of rotatable bonds is 14. The standard InChI is InChI=1S/C35H37Cl2N3O4S2/c1-4-20-38-35(42)33(22-26-8-6-5-7-9-26)39(23-27-12-19-31(36)32(37)21-27)34(41)24-40(28-13-10-25(2)11-14-28)46(43,44)30-17-15-29(45-3)16-18-30/h5-19,21,33H,4,20,22-24H2,1-3H3,(H,38,42). The van der Waals surface area contributed by atoms with Gasteiger partial charge in [-0.1, -0.05) is 84.2 Å². The van der Waals surface area contributed by atoms with E-state index in [0.29, 0.717) is 34.3 Å². The van der Waals surface area contributed by atoms with E-state index in [1.807, 2.05) is 50.4 Å². The van der Waals surface area contributed by atoms with Gasteiger partial charge in [0, 0.05) is 24.4 Å². The first kappa shape index (κ1) is 35.4. The van der Waals surface area contributed by atoms with Crippen molar-refractivity contribution in [3.63, 3.8) is 0 Å². The third-order valence-corrected chi connectivity index (χ3v) is 10.7.